The van der Waals surface area contributed by atoms with Gasteiger partial charge in [0.25, 0.3) is 16.6 Å². The minimum absolute atomic E-state index is 0.497. The van der Waals surface area contributed by atoms with Crippen LogP contribution < -0.4 is 31.1 Å². The normalized spacial score (nSPS) is 12.6. The van der Waals surface area contributed by atoms with E-state index in [1.807, 2.05) is 121 Å². The van der Waals surface area contributed by atoms with Gasteiger partial charge >= 0.3 is 0 Å². The van der Waals surface area contributed by atoms with Crippen LogP contribution in [-0.2, 0) is 11.7 Å². The number of alkyl halides is 6. The van der Waals surface area contributed by atoms with Gasteiger partial charge in [-0.25, -0.2) is 0 Å². The molecule has 0 saturated carbocycles. The summed E-state index contributed by atoms with van der Waals surface area (Å²) in [5.41, 5.74) is 0.994. The van der Waals surface area contributed by atoms with Crippen LogP contribution in [0.5, 0.6) is 0 Å². The van der Waals surface area contributed by atoms with Crippen molar-refractivity contribution in [1.82, 2.24) is 0 Å². The molecule has 0 amide bonds. The van der Waals surface area contributed by atoms with Gasteiger partial charge in [-0.3, -0.25) is 0 Å². The highest BCUT2D eigenvalue weighted by Gasteiger charge is 2.56. The van der Waals surface area contributed by atoms with E-state index >= 15 is 0 Å². The molecule has 0 fully saturated rings. The molecule has 0 aliphatic rings. The van der Waals surface area contributed by atoms with Gasteiger partial charge in [0.05, 0.1) is 0 Å². The molecule has 9 heteroatoms. The van der Waals surface area contributed by atoms with E-state index in [-0.39, 0.29) is 0 Å². The van der Waals surface area contributed by atoms with Crippen molar-refractivity contribution in [3.8, 4) is 0 Å². The van der Waals surface area contributed by atoms with Crippen molar-refractivity contribution in [2.24, 2.45) is 0 Å². The monoisotopic (exact) mass is 766 g/mol. The Morgan fingerprint density at radius 1 is 0.319 bits per heavy atom. The summed E-state index contributed by atoms with van der Waals surface area (Å²) in [5.74, 6) is 0. The SMILES string of the molecule is ClC(Cl)(Cl)c1ccccc1[Si](O[Si](c1ccccc1)(c1ccccc1)c1ccccc1)(c1ccccc1)c1ccccc1C(Cl)(Cl)Cl. The van der Waals surface area contributed by atoms with Gasteiger partial charge in [-0.2, -0.15) is 0 Å². The highest BCUT2D eigenvalue weighted by Crippen LogP contribution is 2.41. The minimum Gasteiger partial charge on any atom is -0.435 e. The van der Waals surface area contributed by atoms with E-state index in [4.69, 9.17) is 73.7 Å². The Balaban J connectivity index is 1.87. The lowest BCUT2D eigenvalue weighted by atomic mass is 10.2. The largest absolute Gasteiger partial charge is 0.435 e. The van der Waals surface area contributed by atoms with Gasteiger partial charge < -0.3 is 4.12 Å². The summed E-state index contributed by atoms with van der Waals surface area (Å²) in [6.07, 6.45) is 0. The molecule has 0 unspecified atom stereocenters. The Morgan fingerprint density at radius 2 is 0.574 bits per heavy atom. The maximum Gasteiger partial charge on any atom is 0.279 e. The maximum atomic E-state index is 8.34. The van der Waals surface area contributed by atoms with E-state index < -0.39 is 24.2 Å². The lowest BCUT2D eigenvalue weighted by Crippen LogP contribution is -2.81. The third-order valence-electron chi connectivity index (χ3n) is 8.25. The molecule has 0 saturated heterocycles. The molecule has 1 nitrogen and oxygen atoms in total. The third kappa shape index (κ3) is 6.71. The van der Waals surface area contributed by atoms with Gasteiger partial charge in [-0.15, -0.1) is 0 Å². The van der Waals surface area contributed by atoms with Gasteiger partial charge in [-0.05, 0) is 31.1 Å². The fourth-order valence-corrected chi connectivity index (χ4v) is 18.9. The van der Waals surface area contributed by atoms with Crippen LogP contribution in [0.4, 0.5) is 0 Å². The van der Waals surface area contributed by atoms with Gasteiger partial charge in [0.2, 0.25) is 7.59 Å². The summed E-state index contributed by atoms with van der Waals surface area (Å²) >= 11 is 41.0. The topological polar surface area (TPSA) is 9.23 Å². The number of hydrogen-bond acceptors (Lipinski definition) is 1. The molecule has 0 aliphatic carbocycles. The van der Waals surface area contributed by atoms with Crippen LogP contribution in [0.1, 0.15) is 11.1 Å². The summed E-state index contributed by atoms with van der Waals surface area (Å²) in [6, 6.07) is 56.5. The highest BCUT2D eigenvalue weighted by atomic mass is 35.6. The average Bonchev–Trinajstić information content (AvgIpc) is 3.10. The van der Waals surface area contributed by atoms with Crippen molar-refractivity contribution in [1.29, 1.82) is 0 Å². The molecule has 6 rings (SSSR count). The van der Waals surface area contributed by atoms with Crippen molar-refractivity contribution in [2.75, 3.05) is 0 Å². The summed E-state index contributed by atoms with van der Waals surface area (Å²) in [4.78, 5) is 0. The summed E-state index contributed by atoms with van der Waals surface area (Å²) in [5, 5.41) is 5.53. The molecule has 0 atom stereocenters. The molecule has 0 radical (unpaired) electrons. The molecular formula is C38H28Cl6OSi2. The van der Waals surface area contributed by atoms with Crippen LogP contribution in [0.15, 0.2) is 170 Å². The van der Waals surface area contributed by atoms with E-state index in [0.717, 1.165) is 31.1 Å². The van der Waals surface area contributed by atoms with Gasteiger partial charge in [0.1, 0.15) is 0 Å². The number of benzene rings is 6. The van der Waals surface area contributed by atoms with Crippen molar-refractivity contribution < 1.29 is 4.12 Å². The number of rotatable bonds is 8. The molecule has 0 heterocycles. The second-order valence-electron chi connectivity index (χ2n) is 11.0. The minimum atomic E-state index is -3.86. The predicted molar refractivity (Wildman–Crippen MR) is 208 cm³/mol. The van der Waals surface area contributed by atoms with Crippen molar-refractivity contribution >= 4 is 117 Å². The Bertz CT molecular complexity index is 1780. The van der Waals surface area contributed by atoms with Gasteiger partial charge in [0.15, 0.2) is 0 Å². The first kappa shape index (κ1) is 34.3. The Morgan fingerprint density at radius 3 is 0.872 bits per heavy atom. The summed E-state index contributed by atoms with van der Waals surface area (Å²) < 4.78 is 4.75. The number of halogens is 6. The molecule has 236 valence electrons. The smallest absolute Gasteiger partial charge is 0.279 e. The quantitative estimate of drug-likeness (QED) is 0.0868. The molecule has 47 heavy (non-hydrogen) atoms. The average molecular weight is 770 g/mol. The van der Waals surface area contributed by atoms with Crippen molar-refractivity contribution in [3.63, 3.8) is 0 Å². The first-order valence-electron chi connectivity index (χ1n) is 14.8. The van der Waals surface area contributed by atoms with E-state index in [1.165, 1.54) is 0 Å². The standard InChI is InChI=1S/C38H28Cl6OSi2/c39-37(40,41)33-25-13-15-27-35(33)47(32-23-11-4-12-24-32,36-28-16-14-26-34(36)38(42,43)44)45-46(29-17-5-1-6-18-29,30-19-7-2-8-20-30)31-21-9-3-10-22-31/h1-28H. The first-order valence-corrected chi connectivity index (χ1v) is 20.9. The fourth-order valence-electron chi connectivity index (χ4n) is 6.30. The fraction of sp³-hybridized carbons (Fsp3) is 0.0526. The zero-order chi connectivity index (χ0) is 33.1. The van der Waals surface area contributed by atoms with Crippen LogP contribution >= 0.6 is 69.6 Å². The second-order valence-corrected chi connectivity index (χ2v) is 22.5. The van der Waals surface area contributed by atoms with Crippen LogP contribution in [0.2, 0.25) is 0 Å². The van der Waals surface area contributed by atoms with Crippen LogP contribution in [0.3, 0.4) is 0 Å². The van der Waals surface area contributed by atoms with Crippen LogP contribution in [0, 0.1) is 0 Å². The number of hydrogen-bond donors (Lipinski definition) is 0. The lowest BCUT2D eigenvalue weighted by Gasteiger charge is -2.45. The molecule has 0 aliphatic heterocycles. The van der Waals surface area contributed by atoms with Crippen LogP contribution in [-0.4, -0.2) is 16.6 Å². The molecule has 0 spiro atoms. The summed E-state index contributed by atoms with van der Waals surface area (Å²) in [6.45, 7) is 0. The highest BCUT2D eigenvalue weighted by molar-refractivity contribution is 7.18. The van der Waals surface area contributed by atoms with Gasteiger partial charge in [0, 0.05) is 11.1 Å². The van der Waals surface area contributed by atoms with Gasteiger partial charge in [-0.1, -0.05) is 239 Å². The zero-order valence-corrected chi connectivity index (χ0v) is 31.4. The predicted octanol–water partition coefficient (Wildman–Crippen LogP) is 7.99. The molecule has 6 aromatic carbocycles. The zero-order valence-electron chi connectivity index (χ0n) is 24.8. The molecule has 0 aromatic heterocycles. The van der Waals surface area contributed by atoms with E-state index in [0.29, 0.717) is 11.1 Å². The first-order chi connectivity index (χ1) is 22.6. The van der Waals surface area contributed by atoms with E-state index in [2.05, 4.69) is 48.5 Å². The van der Waals surface area contributed by atoms with Crippen molar-refractivity contribution in [2.45, 2.75) is 7.59 Å². The molecule has 0 bridgehead atoms. The Labute approximate surface area is 307 Å². The Kier molecular flexibility index (Phi) is 10.3. The van der Waals surface area contributed by atoms with Crippen LogP contribution in [0.25, 0.3) is 0 Å². The molecular weight excluding hydrogens is 741 g/mol. The second kappa shape index (κ2) is 14.1. The lowest BCUT2D eigenvalue weighted by molar-refractivity contribution is 0.599. The maximum absolute atomic E-state index is 8.34. The Hall–Kier alpha value is -2.55. The van der Waals surface area contributed by atoms with Crippen molar-refractivity contribution in [3.05, 3.63) is 181 Å². The summed E-state index contributed by atoms with van der Waals surface area (Å²) in [7, 11) is -7.33. The van der Waals surface area contributed by atoms with E-state index in [1.54, 1.807) is 0 Å². The van der Waals surface area contributed by atoms with E-state index in [9.17, 15) is 0 Å². The molecule has 6 aromatic rings. The third-order valence-corrected chi connectivity index (χ3v) is 18.9. The molecule has 0 N–H and O–H groups in total.